The molecule has 25 heavy (non-hydrogen) atoms. The minimum atomic E-state index is -0.875. The number of carboxylic acids is 1. The topological polar surface area (TPSA) is 93.5 Å². The molecule has 1 N–H and O–H groups in total. The first-order chi connectivity index (χ1) is 12.1. The van der Waals surface area contributed by atoms with Crippen molar-refractivity contribution in [2.45, 2.75) is 23.8 Å². The molecule has 1 unspecified atom stereocenters. The number of hydrogen-bond acceptors (Lipinski definition) is 6. The number of carbonyl (C=O) groups is 1. The second-order valence-corrected chi connectivity index (χ2v) is 6.73. The Morgan fingerprint density at radius 3 is 2.76 bits per heavy atom. The molecule has 1 atom stereocenters. The van der Waals surface area contributed by atoms with Crippen molar-refractivity contribution in [3.8, 4) is 11.4 Å². The van der Waals surface area contributed by atoms with E-state index in [2.05, 4.69) is 15.3 Å². The molecule has 0 radical (unpaired) electrons. The van der Waals surface area contributed by atoms with Gasteiger partial charge in [0.05, 0.1) is 29.2 Å². The van der Waals surface area contributed by atoms with Crippen molar-refractivity contribution in [3.63, 3.8) is 0 Å². The van der Waals surface area contributed by atoms with Crippen LogP contribution in [-0.2, 0) is 4.79 Å². The zero-order chi connectivity index (χ0) is 17.4. The lowest BCUT2D eigenvalue weighted by Gasteiger charge is -2.21. The number of nitrogens with zero attached hydrogens (tertiary/aromatic N) is 4. The normalized spacial score (nSPS) is 16.4. The van der Waals surface area contributed by atoms with E-state index in [0.29, 0.717) is 16.7 Å². The maximum absolute atomic E-state index is 11.3. The highest BCUT2D eigenvalue weighted by molar-refractivity contribution is 8.00. The van der Waals surface area contributed by atoms with E-state index in [1.807, 2.05) is 43.3 Å². The van der Waals surface area contributed by atoms with Gasteiger partial charge in [-0.2, -0.15) is 9.78 Å². The molecule has 1 aromatic carbocycles. The van der Waals surface area contributed by atoms with Crippen molar-refractivity contribution in [2.24, 2.45) is 5.10 Å². The van der Waals surface area contributed by atoms with Crippen molar-refractivity contribution in [2.75, 3.05) is 0 Å². The highest BCUT2D eigenvalue weighted by atomic mass is 32.2. The Kier molecular flexibility index (Phi) is 3.89. The van der Waals surface area contributed by atoms with E-state index in [1.165, 1.54) is 11.8 Å². The Bertz CT molecular complexity index is 961. The molecule has 3 aromatic rings. The molecule has 4 rings (SSSR count). The number of fused-ring (bicyclic) bond motifs is 1. The first-order valence-electron chi connectivity index (χ1n) is 7.66. The summed E-state index contributed by atoms with van der Waals surface area (Å²) in [6.07, 6.45) is 1.56. The highest BCUT2D eigenvalue weighted by Gasteiger charge is 2.31. The Balaban J connectivity index is 1.84. The van der Waals surface area contributed by atoms with Gasteiger partial charge < -0.3 is 9.52 Å². The maximum atomic E-state index is 11.3. The second kappa shape index (κ2) is 6.21. The fraction of sp³-hybridized carbons (Fsp3) is 0.176. The third-order valence-electron chi connectivity index (χ3n) is 3.90. The van der Waals surface area contributed by atoms with Gasteiger partial charge in [-0.15, -0.1) is 10.2 Å². The number of aliphatic carboxylic acids is 1. The summed E-state index contributed by atoms with van der Waals surface area (Å²) < 4.78 is 7.01. The molecular formula is C17H14N4O3S. The minimum Gasteiger partial charge on any atom is -0.481 e. The first kappa shape index (κ1) is 15.6. The SMILES string of the molecule is Cc1occc1-c1nnc2n1N=C(c1ccccc1)C(CC(=O)O)S2. The van der Waals surface area contributed by atoms with Gasteiger partial charge in [0.15, 0.2) is 5.82 Å². The lowest BCUT2D eigenvalue weighted by atomic mass is 10.1. The van der Waals surface area contributed by atoms with Crippen LogP contribution in [0.4, 0.5) is 0 Å². The second-order valence-electron chi connectivity index (χ2n) is 5.56. The third-order valence-corrected chi connectivity index (χ3v) is 5.04. The molecule has 8 heteroatoms. The molecule has 0 bridgehead atoms. The predicted molar refractivity (Wildman–Crippen MR) is 92.7 cm³/mol. The van der Waals surface area contributed by atoms with E-state index in [1.54, 1.807) is 10.9 Å². The zero-order valence-corrected chi connectivity index (χ0v) is 14.1. The van der Waals surface area contributed by atoms with Gasteiger partial charge in [0.25, 0.3) is 0 Å². The standard InChI is InChI=1S/C17H14N4O3S/c1-10-12(7-8-24-10)16-18-19-17-21(16)20-15(11-5-3-2-4-6-11)13(25-17)9-14(22)23/h2-8,13H,9H2,1H3,(H,22,23). The number of aryl methyl sites for hydroxylation is 1. The van der Waals surface area contributed by atoms with Gasteiger partial charge in [-0.1, -0.05) is 42.1 Å². The molecule has 0 fully saturated rings. The summed E-state index contributed by atoms with van der Waals surface area (Å²) in [5, 5.41) is 22.6. The number of carboxylic acid groups (broad SMARTS) is 1. The van der Waals surface area contributed by atoms with Crippen LogP contribution in [0.1, 0.15) is 17.7 Å². The molecule has 2 aromatic heterocycles. The van der Waals surface area contributed by atoms with Crippen molar-refractivity contribution in [1.29, 1.82) is 0 Å². The molecule has 0 amide bonds. The first-order valence-corrected chi connectivity index (χ1v) is 8.54. The average molecular weight is 354 g/mol. The molecule has 1 aliphatic rings. The Morgan fingerprint density at radius 1 is 1.28 bits per heavy atom. The predicted octanol–water partition coefficient (Wildman–Crippen LogP) is 3.05. The van der Waals surface area contributed by atoms with Crippen molar-refractivity contribution in [3.05, 3.63) is 54.0 Å². The van der Waals surface area contributed by atoms with E-state index >= 15 is 0 Å². The van der Waals surface area contributed by atoms with Crippen LogP contribution in [0.15, 0.2) is 57.3 Å². The largest absolute Gasteiger partial charge is 0.481 e. The van der Waals surface area contributed by atoms with Gasteiger partial charge in [-0.3, -0.25) is 4.79 Å². The number of rotatable bonds is 4. The third kappa shape index (κ3) is 2.85. The van der Waals surface area contributed by atoms with Gasteiger partial charge in [-0.05, 0) is 18.6 Å². The molecule has 1 aliphatic heterocycles. The van der Waals surface area contributed by atoms with E-state index in [9.17, 15) is 9.90 Å². The van der Waals surface area contributed by atoms with Gasteiger partial charge in [0.2, 0.25) is 5.16 Å². The van der Waals surface area contributed by atoms with Gasteiger partial charge in [0, 0.05) is 0 Å². The Labute approximate surface area is 147 Å². The number of benzene rings is 1. The summed E-state index contributed by atoms with van der Waals surface area (Å²) >= 11 is 1.36. The monoisotopic (exact) mass is 354 g/mol. The van der Waals surface area contributed by atoms with Crippen LogP contribution in [-0.4, -0.2) is 36.9 Å². The summed E-state index contributed by atoms with van der Waals surface area (Å²) in [4.78, 5) is 11.3. The summed E-state index contributed by atoms with van der Waals surface area (Å²) in [6, 6.07) is 11.4. The molecule has 0 aliphatic carbocycles. The van der Waals surface area contributed by atoms with Crippen LogP contribution in [0.25, 0.3) is 11.4 Å². The van der Waals surface area contributed by atoms with Crippen molar-refractivity contribution < 1.29 is 14.3 Å². The Morgan fingerprint density at radius 2 is 2.08 bits per heavy atom. The summed E-state index contributed by atoms with van der Waals surface area (Å²) in [7, 11) is 0. The minimum absolute atomic E-state index is 0.0364. The van der Waals surface area contributed by atoms with Crippen LogP contribution >= 0.6 is 11.8 Å². The van der Waals surface area contributed by atoms with Crippen LogP contribution in [0.5, 0.6) is 0 Å². The summed E-state index contributed by atoms with van der Waals surface area (Å²) in [5.74, 6) is 0.431. The summed E-state index contributed by atoms with van der Waals surface area (Å²) in [5.41, 5.74) is 2.39. The highest BCUT2D eigenvalue weighted by Crippen LogP contribution is 2.35. The van der Waals surface area contributed by atoms with E-state index in [0.717, 1.165) is 16.9 Å². The molecule has 0 saturated heterocycles. The number of hydrogen-bond donors (Lipinski definition) is 1. The molecule has 3 heterocycles. The summed E-state index contributed by atoms with van der Waals surface area (Å²) in [6.45, 7) is 1.85. The van der Waals surface area contributed by atoms with Gasteiger partial charge in [-0.25, -0.2) is 0 Å². The average Bonchev–Trinajstić information content (AvgIpc) is 3.19. The molecule has 0 spiro atoms. The quantitative estimate of drug-likeness (QED) is 0.774. The molecular weight excluding hydrogens is 340 g/mol. The lowest BCUT2D eigenvalue weighted by molar-refractivity contribution is -0.136. The molecule has 7 nitrogen and oxygen atoms in total. The van der Waals surface area contributed by atoms with Crippen molar-refractivity contribution >= 4 is 23.4 Å². The van der Waals surface area contributed by atoms with Crippen LogP contribution in [0.2, 0.25) is 0 Å². The van der Waals surface area contributed by atoms with E-state index in [-0.39, 0.29) is 11.7 Å². The van der Waals surface area contributed by atoms with Crippen LogP contribution < -0.4 is 0 Å². The smallest absolute Gasteiger partial charge is 0.304 e. The number of furan rings is 1. The van der Waals surface area contributed by atoms with Crippen molar-refractivity contribution in [1.82, 2.24) is 14.9 Å². The Hall–Kier alpha value is -2.87. The van der Waals surface area contributed by atoms with Gasteiger partial charge >= 0.3 is 5.97 Å². The molecule has 0 saturated carbocycles. The zero-order valence-electron chi connectivity index (χ0n) is 13.3. The lowest BCUT2D eigenvalue weighted by Crippen LogP contribution is -2.27. The van der Waals surface area contributed by atoms with Gasteiger partial charge in [0.1, 0.15) is 5.76 Å². The molecule has 126 valence electrons. The fourth-order valence-electron chi connectivity index (χ4n) is 2.72. The number of thioether (sulfide) groups is 1. The fourth-order valence-corrected chi connectivity index (χ4v) is 3.81. The maximum Gasteiger partial charge on any atom is 0.304 e. The van der Waals surface area contributed by atoms with Crippen LogP contribution in [0.3, 0.4) is 0 Å². The van der Waals surface area contributed by atoms with E-state index in [4.69, 9.17) is 4.42 Å². The van der Waals surface area contributed by atoms with Crippen LogP contribution in [0, 0.1) is 6.92 Å². The van der Waals surface area contributed by atoms with E-state index < -0.39 is 5.97 Å². The number of aromatic nitrogens is 3.